The van der Waals surface area contributed by atoms with Crippen LogP contribution in [0.3, 0.4) is 0 Å². The van der Waals surface area contributed by atoms with Crippen LogP contribution in [0.5, 0.6) is 0 Å². The quantitative estimate of drug-likeness (QED) is 0.636. The summed E-state index contributed by atoms with van der Waals surface area (Å²) in [5.41, 5.74) is 6.18. The van der Waals surface area contributed by atoms with Crippen LogP contribution in [0.2, 0.25) is 10.3 Å². The fraction of sp³-hybridized carbons (Fsp3) is 0.375. The molecule has 0 amide bonds. The molecule has 0 aliphatic carbocycles. The summed E-state index contributed by atoms with van der Waals surface area (Å²) in [5.74, 6) is 1.49. The van der Waals surface area contributed by atoms with Crippen molar-refractivity contribution in [3.63, 3.8) is 0 Å². The largest absolute Gasteiger partial charge is 0.467 e. The van der Waals surface area contributed by atoms with Crippen molar-refractivity contribution in [3.05, 3.63) is 39.8 Å². The highest BCUT2D eigenvalue weighted by Crippen LogP contribution is 2.33. The molecule has 3 N–H and O–H groups in total. The predicted molar refractivity (Wildman–Crippen MR) is 101 cm³/mol. The average molecular weight is 401 g/mol. The molecule has 0 bridgehead atoms. The van der Waals surface area contributed by atoms with E-state index in [1.807, 2.05) is 17.5 Å². The number of fused-ring (bicyclic) bond motifs is 1. The number of anilines is 1. The molecule has 134 valence electrons. The Balaban J connectivity index is 0.000000219. The molecule has 9 heteroatoms. The lowest BCUT2D eigenvalue weighted by atomic mass is 10.1. The van der Waals surface area contributed by atoms with Gasteiger partial charge in [-0.2, -0.15) is 4.98 Å². The van der Waals surface area contributed by atoms with Gasteiger partial charge in [0.05, 0.1) is 29.1 Å². The van der Waals surface area contributed by atoms with E-state index in [4.69, 9.17) is 38.1 Å². The van der Waals surface area contributed by atoms with Crippen molar-refractivity contribution in [2.24, 2.45) is 5.73 Å². The van der Waals surface area contributed by atoms with E-state index in [9.17, 15) is 0 Å². The highest BCUT2D eigenvalue weighted by Gasteiger charge is 2.12. The molecule has 25 heavy (non-hydrogen) atoms. The van der Waals surface area contributed by atoms with Crippen LogP contribution >= 0.6 is 34.5 Å². The molecule has 6 nitrogen and oxygen atoms in total. The van der Waals surface area contributed by atoms with E-state index < -0.39 is 0 Å². The standard InChI is InChI=1S/C11H7Cl2N3OS.C5H11NO/c12-7-5-18-9-8(7)15-11(13)16-10(9)14-4-6-2-1-3-17-6;6-5-2-1-3-7-4-5/h1-3,5H,4H2,(H,14,15,16);5H,1-4,6H2. The van der Waals surface area contributed by atoms with Crippen LogP contribution in [0.15, 0.2) is 28.2 Å². The number of nitrogens with one attached hydrogen (secondary N) is 1. The van der Waals surface area contributed by atoms with Crippen LogP contribution in [-0.2, 0) is 11.3 Å². The van der Waals surface area contributed by atoms with Gasteiger partial charge in [-0.05, 0) is 36.6 Å². The average Bonchev–Trinajstić information content (AvgIpc) is 3.25. The van der Waals surface area contributed by atoms with Crippen molar-refractivity contribution in [2.45, 2.75) is 25.4 Å². The van der Waals surface area contributed by atoms with Crippen molar-refractivity contribution in [3.8, 4) is 0 Å². The molecule has 0 aromatic carbocycles. The zero-order chi connectivity index (χ0) is 17.6. The summed E-state index contributed by atoms with van der Waals surface area (Å²) < 4.78 is 11.2. The molecule has 0 radical (unpaired) electrons. The number of hydrogen-bond donors (Lipinski definition) is 2. The van der Waals surface area contributed by atoms with Crippen LogP contribution in [0.4, 0.5) is 5.82 Å². The second-order valence-corrected chi connectivity index (χ2v) is 7.14. The highest BCUT2D eigenvalue weighted by molar-refractivity contribution is 7.18. The maximum absolute atomic E-state index is 6.03. The van der Waals surface area contributed by atoms with Gasteiger partial charge in [-0.1, -0.05) is 11.6 Å². The minimum absolute atomic E-state index is 0.171. The normalized spacial score (nSPS) is 17.2. The monoisotopic (exact) mass is 400 g/mol. The summed E-state index contributed by atoms with van der Waals surface area (Å²) >= 11 is 13.4. The third-order valence-corrected chi connectivity index (χ3v) is 5.11. The Morgan fingerprint density at radius 3 is 2.88 bits per heavy atom. The fourth-order valence-electron chi connectivity index (χ4n) is 2.33. The number of halogens is 2. The first kappa shape index (κ1) is 18.4. The SMILES string of the molecule is Clc1nc(NCc2ccco2)c2scc(Cl)c2n1.NC1CCCOC1. The first-order chi connectivity index (χ1) is 12.1. The van der Waals surface area contributed by atoms with Crippen LogP contribution in [-0.4, -0.2) is 29.2 Å². The minimum Gasteiger partial charge on any atom is -0.467 e. The van der Waals surface area contributed by atoms with Gasteiger partial charge in [0.25, 0.3) is 0 Å². The van der Waals surface area contributed by atoms with Gasteiger partial charge >= 0.3 is 0 Å². The van der Waals surface area contributed by atoms with Crippen molar-refractivity contribution < 1.29 is 9.15 Å². The van der Waals surface area contributed by atoms with Gasteiger partial charge in [0.2, 0.25) is 5.28 Å². The van der Waals surface area contributed by atoms with Gasteiger partial charge in [-0.25, -0.2) is 4.98 Å². The summed E-state index contributed by atoms with van der Waals surface area (Å²) in [6.45, 7) is 2.21. The van der Waals surface area contributed by atoms with Crippen molar-refractivity contribution in [2.75, 3.05) is 18.5 Å². The van der Waals surface area contributed by atoms with Crippen molar-refractivity contribution >= 4 is 50.6 Å². The van der Waals surface area contributed by atoms with Gasteiger partial charge in [-0.15, -0.1) is 11.3 Å². The van der Waals surface area contributed by atoms with Gasteiger partial charge in [0.15, 0.2) is 0 Å². The highest BCUT2D eigenvalue weighted by atomic mass is 35.5. The number of ether oxygens (including phenoxy) is 1. The molecule has 1 aliphatic heterocycles. The van der Waals surface area contributed by atoms with Gasteiger partial charge in [-0.3, -0.25) is 0 Å². The number of nitrogens with zero attached hydrogens (tertiary/aromatic N) is 2. The summed E-state index contributed by atoms with van der Waals surface area (Å²) in [7, 11) is 0. The molecule has 1 fully saturated rings. The van der Waals surface area contributed by atoms with E-state index in [0.717, 1.165) is 36.5 Å². The van der Waals surface area contributed by atoms with Gasteiger partial charge in [0, 0.05) is 18.0 Å². The first-order valence-electron chi connectivity index (χ1n) is 7.83. The molecule has 1 atom stereocenters. The Bertz CT molecular complexity index is 804. The van der Waals surface area contributed by atoms with Gasteiger partial charge < -0.3 is 20.2 Å². The zero-order valence-corrected chi connectivity index (χ0v) is 15.7. The molecule has 0 saturated carbocycles. The fourth-order valence-corrected chi connectivity index (χ4v) is 3.66. The Hall–Kier alpha value is -1.38. The predicted octanol–water partition coefficient (Wildman–Crippen LogP) is 4.33. The van der Waals surface area contributed by atoms with E-state index in [2.05, 4.69) is 15.3 Å². The minimum atomic E-state index is 0.171. The Morgan fingerprint density at radius 2 is 2.24 bits per heavy atom. The van der Waals surface area contributed by atoms with E-state index in [0.29, 0.717) is 28.9 Å². The number of rotatable bonds is 3. The van der Waals surface area contributed by atoms with E-state index in [1.54, 1.807) is 6.26 Å². The molecule has 3 aromatic heterocycles. The summed E-state index contributed by atoms with van der Waals surface area (Å²) in [6, 6.07) is 4.03. The second kappa shape index (κ2) is 8.82. The third-order valence-electron chi connectivity index (χ3n) is 3.55. The molecular formula is C16H18Cl2N4O2S. The maximum Gasteiger partial charge on any atom is 0.225 e. The molecule has 1 unspecified atom stereocenters. The Kier molecular flexibility index (Phi) is 6.50. The van der Waals surface area contributed by atoms with Crippen molar-refractivity contribution in [1.82, 2.24) is 9.97 Å². The van der Waals surface area contributed by atoms with Crippen LogP contribution in [0.25, 0.3) is 10.2 Å². The van der Waals surface area contributed by atoms with Crippen molar-refractivity contribution in [1.29, 1.82) is 0 Å². The van der Waals surface area contributed by atoms with Gasteiger partial charge in [0.1, 0.15) is 17.1 Å². The molecular weight excluding hydrogens is 383 g/mol. The number of aromatic nitrogens is 2. The topological polar surface area (TPSA) is 86.2 Å². The van der Waals surface area contributed by atoms with E-state index in [1.165, 1.54) is 11.3 Å². The molecule has 1 saturated heterocycles. The lowest BCUT2D eigenvalue weighted by molar-refractivity contribution is 0.0822. The number of hydrogen-bond acceptors (Lipinski definition) is 7. The number of furan rings is 1. The molecule has 1 aliphatic rings. The second-order valence-electron chi connectivity index (χ2n) is 5.51. The van der Waals surface area contributed by atoms with Crippen LogP contribution in [0.1, 0.15) is 18.6 Å². The lowest BCUT2D eigenvalue weighted by Gasteiger charge is -2.16. The maximum atomic E-state index is 6.03. The molecule has 3 aromatic rings. The smallest absolute Gasteiger partial charge is 0.225 e. The first-order valence-corrected chi connectivity index (χ1v) is 9.47. The van der Waals surface area contributed by atoms with E-state index >= 15 is 0 Å². The van der Waals surface area contributed by atoms with Crippen LogP contribution < -0.4 is 11.1 Å². The molecule has 4 heterocycles. The van der Waals surface area contributed by atoms with Crippen LogP contribution in [0, 0.1) is 0 Å². The third kappa shape index (κ3) is 5.05. The Labute approximate surface area is 159 Å². The summed E-state index contributed by atoms with van der Waals surface area (Å²) in [4.78, 5) is 8.28. The lowest BCUT2D eigenvalue weighted by Crippen LogP contribution is -2.30. The summed E-state index contributed by atoms with van der Waals surface area (Å²) in [6.07, 6.45) is 3.91. The molecule has 4 rings (SSSR count). The van der Waals surface area contributed by atoms with E-state index in [-0.39, 0.29) is 5.28 Å². The Morgan fingerprint density at radius 1 is 1.36 bits per heavy atom. The number of nitrogens with two attached hydrogens (primary N) is 1. The number of thiophene rings is 1. The zero-order valence-electron chi connectivity index (χ0n) is 13.4. The molecule has 0 spiro atoms. The summed E-state index contributed by atoms with van der Waals surface area (Å²) in [5, 5.41) is 5.74.